The van der Waals surface area contributed by atoms with Crippen molar-refractivity contribution in [2.75, 3.05) is 17.6 Å². The zero-order valence-electron chi connectivity index (χ0n) is 16.8. The van der Waals surface area contributed by atoms with Gasteiger partial charge in [0.05, 0.1) is 22.7 Å². The number of halogens is 1. The summed E-state index contributed by atoms with van der Waals surface area (Å²) < 4.78 is 0. The van der Waals surface area contributed by atoms with Crippen LogP contribution in [0.1, 0.15) is 38.2 Å². The van der Waals surface area contributed by atoms with Crippen molar-refractivity contribution in [2.24, 2.45) is 0 Å². The fourth-order valence-corrected chi connectivity index (χ4v) is 3.45. The average molecular weight is 435 g/mol. The van der Waals surface area contributed by atoms with E-state index in [0.717, 1.165) is 60.0 Å². The van der Waals surface area contributed by atoms with Crippen molar-refractivity contribution < 1.29 is 9.59 Å². The molecular formula is C21H27ClN4O2S. The Labute approximate surface area is 180 Å². The van der Waals surface area contributed by atoms with Gasteiger partial charge in [0.25, 0.3) is 0 Å². The number of amides is 1. The van der Waals surface area contributed by atoms with E-state index in [1.165, 1.54) is 6.92 Å². The Morgan fingerprint density at radius 3 is 2.79 bits per heavy atom. The molecule has 0 radical (unpaired) electrons. The summed E-state index contributed by atoms with van der Waals surface area (Å²) in [5.74, 6) is 0.727. The fourth-order valence-electron chi connectivity index (χ4n) is 2.68. The Kier molecular flexibility index (Phi) is 9.28. The lowest BCUT2D eigenvalue weighted by Crippen LogP contribution is -2.26. The number of unbranched alkanes of at least 4 members (excludes halogenated alkanes) is 2. The van der Waals surface area contributed by atoms with Crippen LogP contribution in [0, 0.1) is 6.92 Å². The second-order valence-corrected chi connectivity index (χ2v) is 8.36. The highest BCUT2D eigenvalue weighted by Crippen LogP contribution is 2.28. The first-order chi connectivity index (χ1) is 13.8. The van der Waals surface area contributed by atoms with Crippen molar-refractivity contribution in [1.82, 2.24) is 15.3 Å². The first-order valence-electron chi connectivity index (χ1n) is 9.51. The molecule has 2 aromatic rings. The van der Waals surface area contributed by atoms with Gasteiger partial charge >= 0.3 is 0 Å². The molecule has 1 amide bonds. The molecular weight excluding hydrogens is 408 g/mol. The van der Waals surface area contributed by atoms with Crippen LogP contribution < -0.4 is 10.6 Å². The van der Waals surface area contributed by atoms with Crippen LogP contribution in [0.25, 0.3) is 11.3 Å². The number of aryl methyl sites for hydroxylation is 1. The first kappa shape index (κ1) is 23.0. The second kappa shape index (κ2) is 11.7. The van der Waals surface area contributed by atoms with E-state index in [9.17, 15) is 9.59 Å². The molecule has 0 atom stereocenters. The summed E-state index contributed by atoms with van der Waals surface area (Å²) >= 11 is 7.34. The van der Waals surface area contributed by atoms with Crippen LogP contribution in [-0.2, 0) is 9.59 Å². The lowest BCUT2D eigenvalue weighted by molar-refractivity contribution is -0.118. The van der Waals surface area contributed by atoms with Crippen LogP contribution in [0.5, 0.6) is 0 Å². The van der Waals surface area contributed by atoms with Crippen LogP contribution in [0.2, 0.25) is 5.02 Å². The normalized spacial score (nSPS) is 10.6. The third-order valence-electron chi connectivity index (χ3n) is 4.17. The largest absolute Gasteiger partial charge is 0.355 e. The van der Waals surface area contributed by atoms with Crippen molar-refractivity contribution in [3.05, 3.63) is 47.3 Å². The molecule has 1 aromatic carbocycles. The van der Waals surface area contributed by atoms with Gasteiger partial charge < -0.3 is 15.6 Å². The number of anilines is 1. The first-order valence-corrected chi connectivity index (χ1v) is 10.9. The molecule has 6 nitrogen and oxygen atoms in total. The van der Waals surface area contributed by atoms with Crippen LogP contribution >= 0.6 is 23.4 Å². The van der Waals surface area contributed by atoms with Gasteiger partial charge in [-0.3, -0.25) is 9.59 Å². The molecule has 0 saturated heterocycles. The number of aromatic nitrogens is 2. The standard InChI is InChI=1S/C21H27ClN4O2S/c1-14-8-9-17(18(22)11-14)19-12-24-21(26-19)25-15(2)7-5-4-6-10-23-20(28)13-29-16(3)27/h8-9,11-12H,2,4-7,10,13H2,1,3H3,(H,23,28)(H2,24,25,26). The van der Waals surface area contributed by atoms with E-state index in [2.05, 4.69) is 27.2 Å². The van der Waals surface area contributed by atoms with E-state index in [4.69, 9.17) is 11.6 Å². The fraction of sp³-hybridized carbons (Fsp3) is 0.381. The van der Waals surface area contributed by atoms with E-state index >= 15 is 0 Å². The molecule has 1 heterocycles. The maximum Gasteiger partial charge on any atom is 0.230 e. The SMILES string of the molecule is C=C(CCCCCNC(=O)CSC(C)=O)Nc1ncc(-c2ccc(C)cc2Cl)[nH]1. The van der Waals surface area contributed by atoms with E-state index in [-0.39, 0.29) is 16.8 Å². The summed E-state index contributed by atoms with van der Waals surface area (Å²) in [5.41, 5.74) is 3.75. The topological polar surface area (TPSA) is 86.9 Å². The van der Waals surface area contributed by atoms with Gasteiger partial charge in [-0.1, -0.05) is 48.5 Å². The molecule has 0 bridgehead atoms. The molecule has 0 saturated carbocycles. The minimum absolute atomic E-state index is 0.0446. The number of nitrogens with one attached hydrogen (secondary N) is 3. The molecule has 1 aromatic heterocycles. The number of allylic oxidation sites excluding steroid dienone is 1. The number of carbonyl (C=O) groups excluding carboxylic acids is 2. The summed E-state index contributed by atoms with van der Waals surface area (Å²) in [6.45, 7) is 8.13. The summed E-state index contributed by atoms with van der Waals surface area (Å²) in [7, 11) is 0. The van der Waals surface area contributed by atoms with Crippen LogP contribution in [0.15, 0.2) is 36.7 Å². The number of imidazole rings is 1. The van der Waals surface area contributed by atoms with Crippen LogP contribution in [0.3, 0.4) is 0 Å². The van der Waals surface area contributed by atoms with Gasteiger partial charge in [0.1, 0.15) is 0 Å². The number of carbonyl (C=O) groups is 2. The minimum Gasteiger partial charge on any atom is -0.355 e. The zero-order chi connectivity index (χ0) is 21.2. The van der Waals surface area contributed by atoms with E-state index in [0.29, 0.717) is 17.5 Å². The Hall–Kier alpha value is -2.25. The predicted octanol–water partition coefficient (Wildman–Crippen LogP) is 4.92. The van der Waals surface area contributed by atoms with Crippen molar-refractivity contribution in [3.63, 3.8) is 0 Å². The Balaban J connectivity index is 1.65. The van der Waals surface area contributed by atoms with Gasteiger partial charge in [0.15, 0.2) is 5.12 Å². The molecule has 0 aliphatic rings. The molecule has 8 heteroatoms. The van der Waals surface area contributed by atoms with Gasteiger partial charge in [-0.25, -0.2) is 4.98 Å². The lowest BCUT2D eigenvalue weighted by atomic mass is 10.1. The average Bonchev–Trinajstić information content (AvgIpc) is 3.10. The lowest BCUT2D eigenvalue weighted by Gasteiger charge is -2.08. The third kappa shape index (κ3) is 8.33. The number of hydrogen-bond donors (Lipinski definition) is 3. The van der Waals surface area contributed by atoms with Crippen molar-refractivity contribution >= 4 is 40.3 Å². The zero-order valence-corrected chi connectivity index (χ0v) is 18.4. The highest BCUT2D eigenvalue weighted by molar-refractivity contribution is 8.14. The van der Waals surface area contributed by atoms with Crippen molar-refractivity contribution in [1.29, 1.82) is 0 Å². The van der Waals surface area contributed by atoms with Gasteiger partial charge in [-0.2, -0.15) is 0 Å². The number of benzene rings is 1. The molecule has 0 aliphatic heterocycles. The summed E-state index contributed by atoms with van der Waals surface area (Å²) in [6.07, 6.45) is 5.39. The number of thioether (sulfide) groups is 1. The molecule has 156 valence electrons. The number of aromatic amines is 1. The van der Waals surface area contributed by atoms with Crippen LogP contribution in [0.4, 0.5) is 5.95 Å². The second-order valence-electron chi connectivity index (χ2n) is 6.80. The maximum atomic E-state index is 11.5. The molecule has 2 rings (SSSR count). The van der Waals surface area contributed by atoms with Crippen molar-refractivity contribution in [2.45, 2.75) is 39.5 Å². The van der Waals surface area contributed by atoms with Gasteiger partial charge in [-0.15, -0.1) is 0 Å². The Morgan fingerprint density at radius 2 is 2.07 bits per heavy atom. The number of rotatable bonds is 11. The Morgan fingerprint density at radius 1 is 1.28 bits per heavy atom. The quantitative estimate of drug-likeness (QED) is 0.437. The highest BCUT2D eigenvalue weighted by Gasteiger charge is 2.08. The summed E-state index contributed by atoms with van der Waals surface area (Å²) in [4.78, 5) is 29.9. The monoisotopic (exact) mass is 434 g/mol. The number of H-pyrrole nitrogens is 1. The maximum absolute atomic E-state index is 11.5. The van der Waals surface area contributed by atoms with Crippen molar-refractivity contribution in [3.8, 4) is 11.3 Å². The smallest absolute Gasteiger partial charge is 0.230 e. The third-order valence-corrected chi connectivity index (χ3v) is 5.30. The molecule has 0 fully saturated rings. The summed E-state index contributed by atoms with van der Waals surface area (Å²) in [6, 6.07) is 5.91. The van der Waals surface area contributed by atoms with Gasteiger partial charge in [0.2, 0.25) is 11.9 Å². The van der Waals surface area contributed by atoms with E-state index < -0.39 is 0 Å². The summed E-state index contributed by atoms with van der Waals surface area (Å²) in [5, 5.41) is 6.65. The van der Waals surface area contributed by atoms with E-state index in [1.807, 2.05) is 25.1 Å². The number of nitrogens with zero attached hydrogens (tertiary/aromatic N) is 1. The predicted molar refractivity (Wildman–Crippen MR) is 121 cm³/mol. The molecule has 0 aliphatic carbocycles. The van der Waals surface area contributed by atoms with Gasteiger partial charge in [0, 0.05) is 24.7 Å². The molecule has 3 N–H and O–H groups in total. The highest BCUT2D eigenvalue weighted by atomic mass is 35.5. The molecule has 29 heavy (non-hydrogen) atoms. The minimum atomic E-state index is -0.0985. The van der Waals surface area contributed by atoms with E-state index in [1.54, 1.807) is 6.20 Å². The molecule has 0 spiro atoms. The van der Waals surface area contributed by atoms with Crippen LogP contribution in [-0.4, -0.2) is 33.3 Å². The molecule has 0 unspecified atom stereocenters. The van der Waals surface area contributed by atoms with Gasteiger partial charge in [-0.05, 0) is 37.8 Å². The Bertz CT molecular complexity index is 866. The number of hydrogen-bond acceptors (Lipinski definition) is 5.